The first-order chi connectivity index (χ1) is 17.5. The number of ether oxygens (including phenoxy) is 1. The Labute approximate surface area is 226 Å². The summed E-state index contributed by atoms with van der Waals surface area (Å²) in [5.74, 6) is -1.08. The average Bonchev–Trinajstić information content (AvgIpc) is 2.99. The number of fused-ring (bicyclic) bond motifs is 3. The van der Waals surface area contributed by atoms with Crippen LogP contribution >= 0.6 is 15.9 Å². The summed E-state index contributed by atoms with van der Waals surface area (Å²) in [5, 5.41) is 0. The zero-order chi connectivity index (χ0) is 26.7. The molecule has 0 radical (unpaired) electrons. The van der Waals surface area contributed by atoms with Gasteiger partial charge in [0.2, 0.25) is 0 Å². The van der Waals surface area contributed by atoms with Gasteiger partial charge in [-0.3, -0.25) is 0 Å². The predicted molar refractivity (Wildman–Crippen MR) is 152 cm³/mol. The minimum atomic E-state index is -0.571. The van der Waals surface area contributed by atoms with Crippen LogP contribution in [-0.4, -0.2) is 25.3 Å². The van der Waals surface area contributed by atoms with Gasteiger partial charge in [0.15, 0.2) is 0 Å². The molecule has 1 aliphatic heterocycles. The number of halogens is 2. The maximum Gasteiger partial charge on any atom is 0.337 e. The molecule has 0 fully saturated rings. The van der Waals surface area contributed by atoms with E-state index in [0.717, 1.165) is 46.5 Å². The van der Waals surface area contributed by atoms with E-state index in [9.17, 15) is 4.79 Å². The lowest BCUT2D eigenvalue weighted by Crippen LogP contribution is -2.35. The van der Waals surface area contributed by atoms with Crippen LogP contribution in [0.1, 0.15) is 80.1 Å². The standard InChI is InChI=1S/C31H32BrFN2O2/c1-7-35-26-11-9-19(32)15-25(26)34-28(20-10-8-18(14-24(20)33)29(36)37-6)21-16-22-23(17-27(21)35)31(4,5)13-12-30(22,2)3/h8-11,14-17H,7,12-13H2,1-6H3. The monoisotopic (exact) mass is 562 g/mol. The van der Waals surface area contributed by atoms with Crippen LogP contribution in [0.2, 0.25) is 0 Å². The Morgan fingerprint density at radius 1 is 0.973 bits per heavy atom. The molecular formula is C31H32BrFN2O2. The highest BCUT2D eigenvalue weighted by Gasteiger charge is 2.39. The van der Waals surface area contributed by atoms with E-state index in [2.05, 4.69) is 73.6 Å². The van der Waals surface area contributed by atoms with Crippen molar-refractivity contribution in [3.8, 4) is 0 Å². The molecule has 1 aliphatic carbocycles. The molecule has 2 aliphatic rings. The first kappa shape index (κ1) is 25.7. The van der Waals surface area contributed by atoms with Crippen LogP contribution in [0.15, 0.2) is 58.0 Å². The minimum Gasteiger partial charge on any atom is -0.465 e. The lowest BCUT2D eigenvalue weighted by Gasteiger charge is -2.43. The molecule has 4 nitrogen and oxygen atoms in total. The number of carbonyl (C=O) groups excluding carboxylic acids is 1. The van der Waals surface area contributed by atoms with Crippen molar-refractivity contribution in [2.24, 2.45) is 4.99 Å². The van der Waals surface area contributed by atoms with E-state index in [1.54, 1.807) is 12.1 Å². The second-order valence-corrected chi connectivity index (χ2v) is 12.1. The third kappa shape index (κ3) is 4.29. The van der Waals surface area contributed by atoms with Crippen LogP contribution in [0.5, 0.6) is 0 Å². The number of carbonyl (C=O) groups is 1. The topological polar surface area (TPSA) is 41.9 Å². The fourth-order valence-electron chi connectivity index (χ4n) is 5.64. The Morgan fingerprint density at radius 3 is 2.27 bits per heavy atom. The molecule has 37 heavy (non-hydrogen) atoms. The maximum absolute atomic E-state index is 15.7. The molecule has 0 N–H and O–H groups in total. The van der Waals surface area contributed by atoms with Crippen molar-refractivity contribution in [2.45, 2.75) is 58.3 Å². The number of anilines is 2. The van der Waals surface area contributed by atoms with E-state index < -0.39 is 11.8 Å². The summed E-state index contributed by atoms with van der Waals surface area (Å²) in [4.78, 5) is 19.4. The number of hydrogen-bond donors (Lipinski definition) is 0. The Bertz CT molecular complexity index is 1460. The van der Waals surface area contributed by atoms with Crippen molar-refractivity contribution >= 4 is 44.7 Å². The minimum absolute atomic E-state index is 0.0164. The Morgan fingerprint density at radius 2 is 1.65 bits per heavy atom. The highest BCUT2D eigenvalue weighted by molar-refractivity contribution is 9.10. The Hall–Kier alpha value is -2.99. The molecule has 6 heteroatoms. The molecule has 0 spiro atoms. The molecule has 192 valence electrons. The quantitative estimate of drug-likeness (QED) is 0.301. The number of hydrogen-bond acceptors (Lipinski definition) is 4. The first-order valence-corrected chi connectivity index (χ1v) is 13.5. The van der Waals surface area contributed by atoms with E-state index in [1.165, 1.54) is 24.3 Å². The number of nitrogens with zero attached hydrogens (tertiary/aromatic N) is 2. The van der Waals surface area contributed by atoms with E-state index in [4.69, 9.17) is 9.73 Å². The summed E-state index contributed by atoms with van der Waals surface area (Å²) >= 11 is 3.59. The molecule has 0 saturated heterocycles. The van der Waals surface area contributed by atoms with Gasteiger partial charge in [0.1, 0.15) is 5.82 Å². The lowest BCUT2D eigenvalue weighted by atomic mass is 9.62. The van der Waals surface area contributed by atoms with Crippen molar-refractivity contribution in [3.63, 3.8) is 0 Å². The highest BCUT2D eigenvalue weighted by Crippen LogP contribution is 2.50. The highest BCUT2D eigenvalue weighted by atomic mass is 79.9. The Balaban J connectivity index is 1.85. The van der Waals surface area contributed by atoms with Crippen LogP contribution in [0.25, 0.3) is 0 Å². The first-order valence-electron chi connectivity index (χ1n) is 12.7. The normalized spacial score (nSPS) is 17.2. The lowest BCUT2D eigenvalue weighted by molar-refractivity contribution is 0.0600. The zero-order valence-corrected chi connectivity index (χ0v) is 23.8. The number of methoxy groups -OCH3 is 1. The fraction of sp³-hybridized carbons (Fsp3) is 0.355. The molecule has 0 atom stereocenters. The van der Waals surface area contributed by atoms with Crippen molar-refractivity contribution in [1.82, 2.24) is 0 Å². The molecule has 0 bridgehead atoms. The van der Waals surface area contributed by atoms with Crippen molar-refractivity contribution in [1.29, 1.82) is 0 Å². The summed E-state index contributed by atoms with van der Waals surface area (Å²) in [6, 6.07) is 15.1. The van der Waals surface area contributed by atoms with Crippen LogP contribution < -0.4 is 4.90 Å². The molecule has 3 aromatic carbocycles. The van der Waals surface area contributed by atoms with Crippen molar-refractivity contribution < 1.29 is 13.9 Å². The SMILES string of the molecule is CCN1c2ccc(Br)cc2N=C(c2ccc(C(=O)OC)cc2F)c2cc3c(cc21)C(C)(C)CCC3(C)C. The molecule has 3 aromatic rings. The van der Waals surface area contributed by atoms with Crippen molar-refractivity contribution in [3.05, 3.63) is 86.6 Å². The van der Waals surface area contributed by atoms with E-state index in [1.807, 2.05) is 12.1 Å². The van der Waals surface area contributed by atoms with E-state index in [-0.39, 0.29) is 16.4 Å². The number of benzene rings is 3. The van der Waals surface area contributed by atoms with Gasteiger partial charge in [-0.15, -0.1) is 0 Å². The predicted octanol–water partition coefficient (Wildman–Crippen LogP) is 8.36. The molecule has 0 aromatic heterocycles. The molecule has 0 unspecified atom stereocenters. The van der Waals surface area contributed by atoms with Crippen LogP contribution in [0.4, 0.5) is 21.5 Å². The van der Waals surface area contributed by atoms with E-state index >= 15 is 4.39 Å². The largest absolute Gasteiger partial charge is 0.465 e. The van der Waals surface area contributed by atoms with Crippen LogP contribution in [0, 0.1) is 5.82 Å². The second-order valence-electron chi connectivity index (χ2n) is 11.2. The van der Waals surface area contributed by atoms with Crippen molar-refractivity contribution in [2.75, 3.05) is 18.6 Å². The third-order valence-corrected chi connectivity index (χ3v) is 8.43. The second kappa shape index (κ2) is 9.09. The average molecular weight is 564 g/mol. The Kier molecular flexibility index (Phi) is 6.30. The summed E-state index contributed by atoms with van der Waals surface area (Å²) in [6.07, 6.45) is 2.18. The third-order valence-electron chi connectivity index (χ3n) is 7.94. The van der Waals surface area contributed by atoms with Gasteiger partial charge in [-0.1, -0.05) is 43.6 Å². The number of rotatable bonds is 3. The molecule has 0 amide bonds. The summed E-state index contributed by atoms with van der Waals surface area (Å²) < 4.78 is 21.4. The van der Waals surface area contributed by atoms with Gasteiger partial charge in [-0.05, 0) is 90.3 Å². The maximum atomic E-state index is 15.7. The smallest absolute Gasteiger partial charge is 0.337 e. The van der Waals surface area contributed by atoms with Gasteiger partial charge in [-0.25, -0.2) is 14.2 Å². The van der Waals surface area contributed by atoms with Gasteiger partial charge >= 0.3 is 5.97 Å². The molecule has 5 rings (SSSR count). The van der Waals surface area contributed by atoms with Gasteiger partial charge in [0.25, 0.3) is 0 Å². The van der Waals surface area contributed by atoms with Crippen LogP contribution in [-0.2, 0) is 15.6 Å². The van der Waals surface area contributed by atoms with Crippen LogP contribution in [0.3, 0.4) is 0 Å². The van der Waals surface area contributed by atoms with Gasteiger partial charge in [0, 0.05) is 22.1 Å². The summed E-state index contributed by atoms with van der Waals surface area (Å²) in [7, 11) is 1.29. The number of esters is 1. The van der Waals surface area contributed by atoms with Gasteiger partial charge in [-0.2, -0.15) is 0 Å². The fourth-order valence-corrected chi connectivity index (χ4v) is 5.99. The number of aliphatic imine (C=N–C) groups is 1. The molecule has 1 heterocycles. The van der Waals surface area contributed by atoms with Gasteiger partial charge in [0.05, 0.1) is 35.4 Å². The summed E-state index contributed by atoms with van der Waals surface area (Å²) in [5.41, 5.74) is 7.35. The summed E-state index contributed by atoms with van der Waals surface area (Å²) in [6.45, 7) is 12.1. The molecular weight excluding hydrogens is 531 g/mol. The van der Waals surface area contributed by atoms with E-state index in [0.29, 0.717) is 11.3 Å². The van der Waals surface area contributed by atoms with Gasteiger partial charge < -0.3 is 9.64 Å². The molecule has 0 saturated carbocycles. The zero-order valence-electron chi connectivity index (χ0n) is 22.2.